The third-order valence-corrected chi connectivity index (χ3v) is 7.66. The molecule has 3 fully saturated rings. The van der Waals surface area contributed by atoms with Crippen molar-refractivity contribution in [3.63, 3.8) is 0 Å². The number of nitrogens with one attached hydrogen (secondary N) is 1. The Hall–Kier alpha value is -2.24. The number of hydrogen-bond acceptors (Lipinski definition) is 3. The predicted molar refractivity (Wildman–Crippen MR) is 125 cm³/mol. The van der Waals surface area contributed by atoms with Crippen LogP contribution in [0, 0.1) is 23.6 Å². The van der Waals surface area contributed by atoms with Crippen LogP contribution in [0.2, 0.25) is 0 Å². The monoisotopic (exact) mass is 456 g/mol. The molecule has 6 heteroatoms. The first-order valence-electron chi connectivity index (χ1n) is 12.8. The van der Waals surface area contributed by atoms with E-state index in [4.69, 9.17) is 0 Å². The van der Waals surface area contributed by atoms with Crippen molar-refractivity contribution in [3.8, 4) is 0 Å². The maximum atomic E-state index is 15.6. The Bertz CT molecular complexity index is 889. The fourth-order valence-electron chi connectivity index (χ4n) is 5.53. The van der Waals surface area contributed by atoms with E-state index in [1.165, 1.54) is 6.07 Å². The normalized spacial score (nSPS) is 22.8. The molecule has 4 rings (SSSR count). The molecule has 0 spiro atoms. The summed E-state index contributed by atoms with van der Waals surface area (Å²) in [6, 6.07) is 4.39. The summed E-state index contributed by atoms with van der Waals surface area (Å²) < 4.78 is 15.6. The van der Waals surface area contributed by atoms with Crippen LogP contribution in [0.5, 0.6) is 0 Å². The average molecular weight is 457 g/mol. The van der Waals surface area contributed by atoms with Gasteiger partial charge in [0.25, 0.3) is 5.91 Å². The Labute approximate surface area is 196 Å². The lowest BCUT2D eigenvalue weighted by atomic mass is 9.80. The first-order chi connectivity index (χ1) is 15.9. The number of Topliss-reactive ketones (excluding diaryl/α,β-unsaturated/α-hetero) is 1. The second-order valence-corrected chi connectivity index (χ2v) is 10.5. The highest BCUT2D eigenvalue weighted by molar-refractivity contribution is 5.98. The molecule has 2 saturated carbocycles. The summed E-state index contributed by atoms with van der Waals surface area (Å²) in [7, 11) is 0. The van der Waals surface area contributed by atoms with Gasteiger partial charge in [0.15, 0.2) is 5.78 Å². The summed E-state index contributed by atoms with van der Waals surface area (Å²) >= 11 is 0. The lowest BCUT2D eigenvalue weighted by molar-refractivity contribution is -0.133. The number of likely N-dealkylation sites (tertiary alicyclic amines) is 1. The van der Waals surface area contributed by atoms with Crippen LogP contribution in [0.3, 0.4) is 0 Å². The Kier molecular flexibility index (Phi) is 7.50. The molecule has 1 unspecified atom stereocenters. The number of hydrogen-bond donors (Lipinski definition) is 1. The van der Waals surface area contributed by atoms with Crippen LogP contribution in [0.15, 0.2) is 18.2 Å². The van der Waals surface area contributed by atoms with Gasteiger partial charge in [-0.25, -0.2) is 4.39 Å². The maximum absolute atomic E-state index is 15.6. The van der Waals surface area contributed by atoms with Gasteiger partial charge in [-0.15, -0.1) is 0 Å². The SMILES string of the molecule is CC(C)C(=O)[C@H](NC(=O)c1cccc(C2CCCN(C(=O)C3CC3)C2)c1F)C1CCCCC1. The van der Waals surface area contributed by atoms with Gasteiger partial charge in [0.05, 0.1) is 11.6 Å². The van der Waals surface area contributed by atoms with Gasteiger partial charge in [-0.05, 0) is 56.1 Å². The molecule has 180 valence electrons. The number of benzene rings is 1. The Morgan fingerprint density at radius 2 is 1.73 bits per heavy atom. The zero-order valence-electron chi connectivity index (χ0n) is 19.9. The van der Waals surface area contributed by atoms with Gasteiger partial charge in [0.2, 0.25) is 5.91 Å². The van der Waals surface area contributed by atoms with Crippen LogP contribution in [-0.2, 0) is 9.59 Å². The third-order valence-electron chi connectivity index (χ3n) is 7.66. The van der Waals surface area contributed by atoms with Gasteiger partial charge in [-0.2, -0.15) is 0 Å². The van der Waals surface area contributed by atoms with E-state index >= 15 is 4.39 Å². The summed E-state index contributed by atoms with van der Waals surface area (Å²) in [6.07, 6.45) is 8.66. The Morgan fingerprint density at radius 3 is 2.39 bits per heavy atom. The molecule has 1 saturated heterocycles. The summed E-state index contributed by atoms with van der Waals surface area (Å²) in [5, 5.41) is 2.91. The highest BCUT2D eigenvalue weighted by atomic mass is 19.1. The molecule has 1 aromatic rings. The Morgan fingerprint density at radius 1 is 1.00 bits per heavy atom. The topological polar surface area (TPSA) is 66.5 Å². The molecular weight excluding hydrogens is 419 g/mol. The van der Waals surface area contributed by atoms with Gasteiger partial charge in [-0.1, -0.05) is 45.2 Å². The van der Waals surface area contributed by atoms with Crippen molar-refractivity contribution in [1.29, 1.82) is 0 Å². The molecule has 0 bridgehead atoms. The highest BCUT2D eigenvalue weighted by Gasteiger charge is 2.37. The summed E-state index contributed by atoms with van der Waals surface area (Å²) in [6.45, 7) is 4.94. The molecule has 2 aliphatic carbocycles. The largest absolute Gasteiger partial charge is 0.342 e. The maximum Gasteiger partial charge on any atom is 0.254 e. The van der Waals surface area contributed by atoms with E-state index in [1.54, 1.807) is 12.1 Å². The van der Waals surface area contributed by atoms with Crippen LogP contribution in [0.4, 0.5) is 4.39 Å². The fraction of sp³-hybridized carbons (Fsp3) is 0.667. The van der Waals surface area contributed by atoms with Crippen molar-refractivity contribution in [2.75, 3.05) is 13.1 Å². The molecule has 0 radical (unpaired) electrons. The van der Waals surface area contributed by atoms with E-state index in [1.807, 2.05) is 18.7 Å². The molecule has 0 aromatic heterocycles. The number of ketones is 1. The number of carbonyl (C=O) groups is 3. The van der Waals surface area contributed by atoms with E-state index < -0.39 is 17.8 Å². The van der Waals surface area contributed by atoms with Crippen molar-refractivity contribution in [3.05, 3.63) is 35.1 Å². The second kappa shape index (κ2) is 10.4. The number of amides is 2. The number of rotatable bonds is 7. The van der Waals surface area contributed by atoms with Crippen LogP contribution < -0.4 is 5.32 Å². The molecule has 1 aromatic carbocycles. The van der Waals surface area contributed by atoms with Crippen molar-refractivity contribution in [2.24, 2.45) is 17.8 Å². The third kappa shape index (κ3) is 5.47. The van der Waals surface area contributed by atoms with E-state index in [0.717, 1.165) is 64.3 Å². The van der Waals surface area contributed by atoms with Gasteiger partial charge < -0.3 is 10.2 Å². The van der Waals surface area contributed by atoms with Gasteiger partial charge in [-0.3, -0.25) is 14.4 Å². The molecule has 2 atom stereocenters. The number of carbonyl (C=O) groups excluding carboxylic acids is 3. The first-order valence-corrected chi connectivity index (χ1v) is 12.8. The minimum Gasteiger partial charge on any atom is -0.342 e. The van der Waals surface area contributed by atoms with Crippen molar-refractivity contribution < 1.29 is 18.8 Å². The standard InChI is InChI=1S/C27H37FN2O3/c1-17(2)25(31)24(18-8-4-3-5-9-18)29-26(32)22-12-6-11-21(23(22)28)20-10-7-15-30(16-20)27(33)19-13-14-19/h6,11-12,17-20,24H,3-5,7-10,13-16H2,1-2H3,(H,29,32)/t20?,24-/m1/s1. The van der Waals surface area contributed by atoms with E-state index in [-0.39, 0.29) is 40.9 Å². The lowest BCUT2D eigenvalue weighted by Crippen LogP contribution is -2.48. The van der Waals surface area contributed by atoms with Crippen molar-refractivity contribution in [2.45, 2.75) is 83.6 Å². The van der Waals surface area contributed by atoms with Crippen LogP contribution >= 0.6 is 0 Å². The molecular formula is C27H37FN2O3. The van der Waals surface area contributed by atoms with Crippen molar-refractivity contribution >= 4 is 17.6 Å². The number of nitrogens with zero attached hydrogens (tertiary/aromatic N) is 1. The first kappa shape index (κ1) is 23.9. The molecule has 1 heterocycles. The summed E-state index contributed by atoms with van der Waals surface area (Å²) in [5.41, 5.74) is 0.496. The van der Waals surface area contributed by atoms with Crippen molar-refractivity contribution in [1.82, 2.24) is 10.2 Å². The summed E-state index contributed by atoms with van der Waals surface area (Å²) in [4.78, 5) is 40.5. The van der Waals surface area contributed by atoms with Crippen LogP contribution in [0.25, 0.3) is 0 Å². The smallest absolute Gasteiger partial charge is 0.254 e. The lowest BCUT2D eigenvalue weighted by Gasteiger charge is -2.33. The van der Waals surface area contributed by atoms with E-state index in [2.05, 4.69) is 5.32 Å². The highest BCUT2D eigenvalue weighted by Crippen LogP contribution is 2.35. The quantitative estimate of drug-likeness (QED) is 0.638. The summed E-state index contributed by atoms with van der Waals surface area (Å²) in [5.74, 6) is -0.845. The molecule has 33 heavy (non-hydrogen) atoms. The fourth-order valence-corrected chi connectivity index (χ4v) is 5.53. The van der Waals surface area contributed by atoms with Gasteiger partial charge in [0.1, 0.15) is 5.82 Å². The van der Waals surface area contributed by atoms with Crippen LogP contribution in [-0.4, -0.2) is 41.6 Å². The number of halogens is 1. The zero-order chi connectivity index (χ0) is 23.5. The van der Waals surface area contributed by atoms with Gasteiger partial charge in [0, 0.05) is 30.8 Å². The second-order valence-electron chi connectivity index (χ2n) is 10.5. The Balaban J connectivity index is 1.51. The minimum absolute atomic E-state index is 0.00416. The van der Waals surface area contributed by atoms with E-state index in [9.17, 15) is 14.4 Å². The van der Waals surface area contributed by atoms with E-state index in [0.29, 0.717) is 12.1 Å². The minimum atomic E-state index is -0.567. The molecule has 2 amide bonds. The molecule has 3 aliphatic rings. The van der Waals surface area contributed by atoms with Gasteiger partial charge >= 0.3 is 0 Å². The predicted octanol–water partition coefficient (Wildman–Crippen LogP) is 4.85. The molecule has 5 nitrogen and oxygen atoms in total. The van der Waals surface area contributed by atoms with Crippen LogP contribution in [0.1, 0.15) is 93.5 Å². The molecule has 1 N–H and O–H groups in total. The molecule has 1 aliphatic heterocycles. The average Bonchev–Trinajstić information content (AvgIpc) is 3.68. The zero-order valence-corrected chi connectivity index (χ0v) is 19.9. The number of piperidine rings is 1.